The SMILES string of the molecule is CCCC(C)(C)SC(N)=NC(C)(S)S. The van der Waals surface area contributed by atoms with Gasteiger partial charge in [-0.25, -0.2) is 4.99 Å². The van der Waals surface area contributed by atoms with E-state index in [-0.39, 0.29) is 4.75 Å². The van der Waals surface area contributed by atoms with Crippen LogP contribution in [0.25, 0.3) is 0 Å². The molecule has 0 unspecified atom stereocenters. The van der Waals surface area contributed by atoms with Gasteiger partial charge < -0.3 is 5.73 Å². The van der Waals surface area contributed by atoms with Crippen LogP contribution in [0.3, 0.4) is 0 Å². The highest BCUT2D eigenvalue weighted by molar-refractivity contribution is 8.15. The second-order valence-corrected chi connectivity index (χ2v) is 7.85. The van der Waals surface area contributed by atoms with Crippen molar-refractivity contribution in [2.24, 2.45) is 10.7 Å². The van der Waals surface area contributed by atoms with E-state index in [2.05, 4.69) is 51.0 Å². The van der Waals surface area contributed by atoms with Crippen LogP contribution in [-0.2, 0) is 0 Å². The Morgan fingerprint density at radius 2 is 1.86 bits per heavy atom. The summed E-state index contributed by atoms with van der Waals surface area (Å²) in [5.41, 5.74) is 5.79. The van der Waals surface area contributed by atoms with E-state index in [1.165, 1.54) is 0 Å². The summed E-state index contributed by atoms with van der Waals surface area (Å²) in [6, 6.07) is 0. The monoisotopic (exact) mass is 252 g/mol. The molecule has 14 heavy (non-hydrogen) atoms. The highest BCUT2D eigenvalue weighted by Gasteiger charge is 2.20. The van der Waals surface area contributed by atoms with Gasteiger partial charge in [0.25, 0.3) is 0 Å². The molecule has 0 saturated carbocycles. The molecular formula is C9H20N2S3. The van der Waals surface area contributed by atoms with Crippen LogP contribution in [0.1, 0.15) is 40.5 Å². The summed E-state index contributed by atoms with van der Waals surface area (Å²) in [6.07, 6.45) is 2.26. The number of hydrogen-bond donors (Lipinski definition) is 3. The van der Waals surface area contributed by atoms with Crippen LogP contribution in [0.5, 0.6) is 0 Å². The number of nitrogens with zero attached hydrogens (tertiary/aromatic N) is 1. The third-order valence-corrected chi connectivity index (χ3v) is 2.81. The Bertz CT molecular complexity index is 207. The van der Waals surface area contributed by atoms with E-state index in [0.29, 0.717) is 5.17 Å². The first kappa shape index (κ1) is 14.5. The lowest BCUT2D eigenvalue weighted by atomic mass is 10.1. The fourth-order valence-electron chi connectivity index (χ4n) is 1.17. The van der Waals surface area contributed by atoms with E-state index in [9.17, 15) is 0 Å². The Morgan fingerprint density at radius 1 is 1.36 bits per heavy atom. The maximum absolute atomic E-state index is 5.79. The molecule has 2 nitrogen and oxygen atoms in total. The summed E-state index contributed by atoms with van der Waals surface area (Å²) in [6.45, 7) is 8.28. The van der Waals surface area contributed by atoms with Crippen LogP contribution < -0.4 is 5.73 Å². The fraction of sp³-hybridized carbons (Fsp3) is 0.889. The molecule has 0 aliphatic heterocycles. The minimum atomic E-state index is -0.681. The predicted octanol–water partition coefficient (Wildman–Crippen LogP) is 3.15. The predicted molar refractivity (Wildman–Crippen MR) is 74.6 cm³/mol. The topological polar surface area (TPSA) is 38.4 Å². The number of thiol groups is 2. The Morgan fingerprint density at radius 3 is 2.21 bits per heavy atom. The third kappa shape index (κ3) is 7.88. The Kier molecular flexibility index (Phi) is 5.77. The molecule has 0 atom stereocenters. The summed E-state index contributed by atoms with van der Waals surface area (Å²) in [7, 11) is 0. The van der Waals surface area contributed by atoms with Crippen molar-refractivity contribution >= 4 is 42.2 Å². The molecule has 2 N–H and O–H groups in total. The molecule has 0 radical (unpaired) electrons. The molecule has 84 valence electrons. The van der Waals surface area contributed by atoms with Crippen LogP contribution in [0.15, 0.2) is 4.99 Å². The lowest BCUT2D eigenvalue weighted by Gasteiger charge is -2.23. The normalized spacial score (nSPS) is 14.6. The number of thioether (sulfide) groups is 1. The van der Waals surface area contributed by atoms with Crippen molar-refractivity contribution in [2.75, 3.05) is 0 Å². The Labute approximate surface area is 102 Å². The zero-order valence-electron chi connectivity index (χ0n) is 9.24. The van der Waals surface area contributed by atoms with E-state index in [4.69, 9.17) is 5.73 Å². The van der Waals surface area contributed by atoms with Gasteiger partial charge in [-0.3, -0.25) is 0 Å². The van der Waals surface area contributed by atoms with Gasteiger partial charge in [0.15, 0.2) is 5.17 Å². The van der Waals surface area contributed by atoms with Gasteiger partial charge in [0, 0.05) is 4.75 Å². The largest absolute Gasteiger partial charge is 0.378 e. The molecular weight excluding hydrogens is 232 g/mol. The first-order valence-electron chi connectivity index (χ1n) is 4.65. The van der Waals surface area contributed by atoms with E-state index in [1.807, 2.05) is 0 Å². The fourth-order valence-corrected chi connectivity index (χ4v) is 2.62. The average molecular weight is 252 g/mol. The molecule has 0 heterocycles. The maximum Gasteiger partial charge on any atom is 0.156 e. The summed E-state index contributed by atoms with van der Waals surface area (Å²) < 4.78 is -0.547. The molecule has 0 saturated heterocycles. The molecule has 0 aliphatic carbocycles. The van der Waals surface area contributed by atoms with E-state index in [0.717, 1.165) is 12.8 Å². The van der Waals surface area contributed by atoms with E-state index >= 15 is 0 Å². The van der Waals surface area contributed by atoms with Gasteiger partial charge in [0.1, 0.15) is 4.20 Å². The zero-order valence-corrected chi connectivity index (χ0v) is 11.8. The highest BCUT2D eigenvalue weighted by Crippen LogP contribution is 2.31. The van der Waals surface area contributed by atoms with Crippen molar-refractivity contribution in [3.63, 3.8) is 0 Å². The Hall–Kier alpha value is 0.520. The second kappa shape index (κ2) is 5.56. The number of nitrogens with two attached hydrogens (primary N) is 1. The van der Waals surface area contributed by atoms with Gasteiger partial charge in [0.2, 0.25) is 0 Å². The lowest BCUT2D eigenvalue weighted by Crippen LogP contribution is -2.23. The molecule has 0 aromatic rings. The summed E-state index contributed by atoms with van der Waals surface area (Å²) in [5, 5.41) is 0.552. The molecule has 0 bridgehead atoms. The minimum absolute atomic E-state index is 0.134. The van der Waals surface area contributed by atoms with E-state index in [1.54, 1.807) is 18.7 Å². The summed E-state index contributed by atoms with van der Waals surface area (Å²) in [4.78, 5) is 4.16. The molecule has 0 spiro atoms. The van der Waals surface area contributed by atoms with Crippen molar-refractivity contribution in [2.45, 2.75) is 49.5 Å². The molecule has 0 aromatic carbocycles. The standard InChI is InChI=1S/C9H20N2S3/c1-5-6-8(2,3)14-7(10)11-9(4,12)13/h12-13H,5-6H2,1-4H3,(H2,10,11). The number of hydrogen-bond acceptors (Lipinski definition) is 4. The molecule has 0 aliphatic rings. The van der Waals surface area contributed by atoms with Crippen LogP contribution >= 0.6 is 37.0 Å². The summed E-state index contributed by atoms with van der Waals surface area (Å²) in [5.74, 6) is 0. The van der Waals surface area contributed by atoms with Crippen LogP contribution in [0, 0.1) is 0 Å². The van der Waals surface area contributed by atoms with Crippen molar-refractivity contribution < 1.29 is 0 Å². The molecule has 0 amide bonds. The van der Waals surface area contributed by atoms with Gasteiger partial charge >= 0.3 is 0 Å². The van der Waals surface area contributed by atoms with Crippen molar-refractivity contribution in [3.8, 4) is 0 Å². The average Bonchev–Trinajstić information content (AvgIpc) is 1.78. The number of amidine groups is 1. The molecule has 0 fully saturated rings. The smallest absolute Gasteiger partial charge is 0.156 e. The molecule has 5 heteroatoms. The van der Waals surface area contributed by atoms with Crippen LogP contribution in [0.2, 0.25) is 0 Å². The highest BCUT2D eigenvalue weighted by atomic mass is 32.2. The second-order valence-electron chi connectivity index (χ2n) is 4.03. The third-order valence-electron chi connectivity index (χ3n) is 1.55. The van der Waals surface area contributed by atoms with Crippen LogP contribution in [0.4, 0.5) is 0 Å². The lowest BCUT2D eigenvalue weighted by molar-refractivity contribution is 0.630. The van der Waals surface area contributed by atoms with Crippen molar-refractivity contribution in [1.29, 1.82) is 0 Å². The van der Waals surface area contributed by atoms with Gasteiger partial charge in [0.05, 0.1) is 0 Å². The van der Waals surface area contributed by atoms with Gasteiger partial charge in [-0.2, -0.15) is 0 Å². The first-order valence-corrected chi connectivity index (χ1v) is 6.36. The zero-order chi connectivity index (χ0) is 11.4. The minimum Gasteiger partial charge on any atom is -0.378 e. The number of rotatable bonds is 4. The maximum atomic E-state index is 5.79. The molecule has 0 rings (SSSR count). The van der Waals surface area contributed by atoms with Crippen molar-refractivity contribution in [1.82, 2.24) is 0 Å². The summed E-state index contributed by atoms with van der Waals surface area (Å²) >= 11 is 9.94. The van der Waals surface area contributed by atoms with Gasteiger partial charge in [-0.15, -0.1) is 25.3 Å². The van der Waals surface area contributed by atoms with Gasteiger partial charge in [-0.05, 0) is 13.3 Å². The molecule has 0 aromatic heterocycles. The quantitative estimate of drug-likeness (QED) is 0.311. The first-order chi connectivity index (χ1) is 6.16. The van der Waals surface area contributed by atoms with Crippen molar-refractivity contribution in [3.05, 3.63) is 0 Å². The van der Waals surface area contributed by atoms with Gasteiger partial charge in [-0.1, -0.05) is 39.0 Å². The Balaban J connectivity index is 4.31. The van der Waals surface area contributed by atoms with E-state index < -0.39 is 4.20 Å². The van der Waals surface area contributed by atoms with Crippen LogP contribution in [-0.4, -0.2) is 14.1 Å². The number of aliphatic imine (C=N–C) groups is 1.